The number of carbonyl (C=O) groups excluding carboxylic acids is 2. The molecule has 0 aliphatic carbocycles. The standard InChI is InChI=1S/C25H33N5O5/c1-6-20-13-21(11-12-22(20)35-16(2)3)27-29-28-25(34)30(15-18(5)23(31)32)24(33)26-14-19-9-7-17(4)8-10-19/h6-13,16,18,27,29H,1,14-15H2,2-5H3,(H,26,33)(H,28,34)(H,31,32)/t18-/m0/s1. The zero-order chi connectivity index (χ0) is 26.0. The van der Waals surface area contributed by atoms with Gasteiger partial charge in [0.2, 0.25) is 0 Å². The summed E-state index contributed by atoms with van der Waals surface area (Å²) >= 11 is 0. The quantitative estimate of drug-likeness (QED) is 0.306. The molecule has 5 N–H and O–H groups in total. The highest BCUT2D eigenvalue weighted by Gasteiger charge is 2.26. The van der Waals surface area contributed by atoms with Gasteiger partial charge in [-0.3, -0.25) is 10.2 Å². The minimum absolute atomic E-state index is 0.00116. The van der Waals surface area contributed by atoms with Crippen LogP contribution in [0, 0.1) is 12.8 Å². The SMILES string of the molecule is C=Cc1cc(NNNC(=O)N(C[C@H](C)C(=O)O)C(=O)NCc2ccc(C)cc2)ccc1OC(C)C. The Balaban J connectivity index is 2.01. The zero-order valence-electron chi connectivity index (χ0n) is 20.4. The van der Waals surface area contributed by atoms with E-state index in [2.05, 4.69) is 28.3 Å². The molecule has 2 aromatic carbocycles. The summed E-state index contributed by atoms with van der Waals surface area (Å²) in [6.07, 6.45) is 1.65. The van der Waals surface area contributed by atoms with Crippen molar-refractivity contribution in [3.8, 4) is 5.75 Å². The molecule has 0 heterocycles. The third-order valence-electron chi connectivity index (χ3n) is 4.90. The summed E-state index contributed by atoms with van der Waals surface area (Å²) in [5, 5.41) is 11.9. The molecule has 10 nitrogen and oxygen atoms in total. The second-order valence-electron chi connectivity index (χ2n) is 8.30. The van der Waals surface area contributed by atoms with Crippen LogP contribution in [0.15, 0.2) is 49.0 Å². The maximum absolute atomic E-state index is 12.7. The topological polar surface area (TPSA) is 132 Å². The fourth-order valence-corrected chi connectivity index (χ4v) is 2.96. The van der Waals surface area contributed by atoms with Crippen LogP contribution in [0.3, 0.4) is 0 Å². The summed E-state index contributed by atoms with van der Waals surface area (Å²) < 4.78 is 5.72. The summed E-state index contributed by atoms with van der Waals surface area (Å²) in [4.78, 5) is 37.5. The third-order valence-corrected chi connectivity index (χ3v) is 4.90. The highest BCUT2D eigenvalue weighted by molar-refractivity contribution is 5.93. The van der Waals surface area contributed by atoms with E-state index in [-0.39, 0.29) is 19.2 Å². The molecule has 0 bridgehead atoms. The van der Waals surface area contributed by atoms with Crippen molar-refractivity contribution in [2.24, 2.45) is 5.92 Å². The van der Waals surface area contributed by atoms with Gasteiger partial charge in [-0.25, -0.2) is 14.5 Å². The van der Waals surface area contributed by atoms with Gasteiger partial charge >= 0.3 is 18.0 Å². The number of nitrogens with zero attached hydrogens (tertiary/aromatic N) is 1. The number of benzene rings is 2. The highest BCUT2D eigenvalue weighted by atomic mass is 16.5. The van der Waals surface area contributed by atoms with Gasteiger partial charge in [-0.15, -0.1) is 5.53 Å². The predicted molar refractivity (Wildman–Crippen MR) is 135 cm³/mol. The molecule has 10 heteroatoms. The van der Waals surface area contributed by atoms with Crippen molar-refractivity contribution >= 4 is 29.8 Å². The number of anilines is 1. The van der Waals surface area contributed by atoms with Crippen LogP contribution in [-0.4, -0.2) is 40.7 Å². The molecule has 35 heavy (non-hydrogen) atoms. The Morgan fingerprint density at radius 2 is 1.77 bits per heavy atom. The molecule has 0 saturated heterocycles. The number of hydrogen-bond acceptors (Lipinski definition) is 6. The lowest BCUT2D eigenvalue weighted by molar-refractivity contribution is -0.141. The molecule has 2 aromatic rings. The molecule has 0 aliphatic rings. The number of amides is 4. The van der Waals surface area contributed by atoms with E-state index in [9.17, 15) is 19.5 Å². The lowest BCUT2D eigenvalue weighted by Gasteiger charge is -2.24. The van der Waals surface area contributed by atoms with Crippen LogP contribution in [0.25, 0.3) is 6.08 Å². The Morgan fingerprint density at radius 1 is 1.09 bits per heavy atom. The van der Waals surface area contributed by atoms with Gasteiger partial charge in [0.05, 0.1) is 17.7 Å². The Bertz CT molecular complexity index is 1040. The molecule has 188 valence electrons. The predicted octanol–water partition coefficient (Wildman–Crippen LogP) is 3.90. The van der Waals surface area contributed by atoms with Crippen LogP contribution < -0.4 is 26.4 Å². The second-order valence-corrected chi connectivity index (χ2v) is 8.30. The maximum Gasteiger partial charge on any atom is 0.341 e. The van der Waals surface area contributed by atoms with E-state index in [1.54, 1.807) is 24.3 Å². The van der Waals surface area contributed by atoms with Gasteiger partial charge in [0.15, 0.2) is 0 Å². The minimum Gasteiger partial charge on any atom is -0.490 e. The first-order valence-corrected chi connectivity index (χ1v) is 11.2. The zero-order valence-corrected chi connectivity index (χ0v) is 20.4. The van der Waals surface area contributed by atoms with Gasteiger partial charge in [0, 0.05) is 18.7 Å². The maximum atomic E-state index is 12.7. The molecule has 0 aliphatic heterocycles. The van der Waals surface area contributed by atoms with Crippen LogP contribution >= 0.6 is 0 Å². The molecule has 2 rings (SSSR count). The minimum atomic E-state index is -1.12. The second kappa shape index (κ2) is 13.0. The van der Waals surface area contributed by atoms with Crippen LogP contribution in [-0.2, 0) is 11.3 Å². The molecule has 4 amide bonds. The lowest BCUT2D eigenvalue weighted by Crippen LogP contribution is -2.54. The van der Waals surface area contributed by atoms with E-state index in [1.165, 1.54) is 6.92 Å². The Hall–Kier alpha value is -4.05. The van der Waals surface area contributed by atoms with Crippen molar-refractivity contribution in [2.45, 2.75) is 40.3 Å². The number of hydrogen-bond donors (Lipinski definition) is 5. The number of aryl methyl sites for hydroxylation is 1. The monoisotopic (exact) mass is 483 g/mol. The van der Waals surface area contributed by atoms with E-state index in [0.717, 1.165) is 21.6 Å². The molecule has 0 saturated carbocycles. The number of carboxylic acids is 1. The fraction of sp³-hybridized carbons (Fsp3) is 0.320. The number of nitrogens with one attached hydrogen (secondary N) is 4. The molecule has 0 spiro atoms. The Kier molecular flexibility index (Phi) is 10.1. The largest absolute Gasteiger partial charge is 0.490 e. The van der Waals surface area contributed by atoms with E-state index in [1.807, 2.05) is 45.0 Å². The fourth-order valence-electron chi connectivity index (χ4n) is 2.96. The lowest BCUT2D eigenvalue weighted by atomic mass is 10.1. The number of aliphatic carboxylic acids is 1. The molecular weight excluding hydrogens is 450 g/mol. The molecule has 0 fully saturated rings. The summed E-state index contributed by atoms with van der Waals surface area (Å²) in [6.45, 7) is 10.9. The normalized spacial score (nSPS) is 11.3. The third kappa shape index (κ3) is 8.67. The first kappa shape index (κ1) is 27.2. The van der Waals surface area contributed by atoms with E-state index in [4.69, 9.17) is 4.74 Å². The van der Waals surface area contributed by atoms with Crippen molar-refractivity contribution < 1.29 is 24.2 Å². The van der Waals surface area contributed by atoms with Gasteiger partial charge in [-0.05, 0) is 44.5 Å². The number of ether oxygens (including phenoxy) is 1. The van der Waals surface area contributed by atoms with E-state index < -0.39 is 23.9 Å². The summed E-state index contributed by atoms with van der Waals surface area (Å²) in [5.41, 5.74) is 11.0. The van der Waals surface area contributed by atoms with Crippen LogP contribution in [0.5, 0.6) is 5.75 Å². The van der Waals surface area contributed by atoms with Gasteiger partial charge in [-0.2, -0.15) is 0 Å². The van der Waals surface area contributed by atoms with Gasteiger partial charge < -0.3 is 20.6 Å². The van der Waals surface area contributed by atoms with Crippen LogP contribution in [0.4, 0.5) is 15.3 Å². The average Bonchev–Trinajstić information content (AvgIpc) is 2.82. The number of rotatable bonds is 11. The van der Waals surface area contributed by atoms with Crippen molar-refractivity contribution in [1.82, 2.24) is 21.2 Å². The number of hydrazine groups is 2. The molecular formula is C25H33N5O5. The summed E-state index contributed by atoms with van der Waals surface area (Å²) in [7, 11) is 0. The molecule has 1 atom stereocenters. The molecule has 0 unspecified atom stereocenters. The number of carbonyl (C=O) groups is 3. The first-order chi connectivity index (χ1) is 16.6. The van der Waals surface area contributed by atoms with Gasteiger partial charge in [-0.1, -0.05) is 49.4 Å². The Labute approximate surface area is 205 Å². The van der Waals surface area contributed by atoms with Crippen LogP contribution in [0.1, 0.15) is 37.5 Å². The van der Waals surface area contributed by atoms with Crippen LogP contribution in [0.2, 0.25) is 0 Å². The van der Waals surface area contributed by atoms with Crippen molar-refractivity contribution in [2.75, 3.05) is 12.0 Å². The number of carboxylic acid groups (broad SMARTS) is 1. The summed E-state index contributed by atoms with van der Waals surface area (Å²) in [6, 6.07) is 11.3. The number of urea groups is 2. The number of imide groups is 1. The smallest absolute Gasteiger partial charge is 0.341 e. The van der Waals surface area contributed by atoms with E-state index in [0.29, 0.717) is 11.4 Å². The summed E-state index contributed by atoms with van der Waals surface area (Å²) in [5.74, 6) is -1.41. The van der Waals surface area contributed by atoms with Gasteiger partial charge in [0.25, 0.3) is 0 Å². The van der Waals surface area contributed by atoms with E-state index >= 15 is 0 Å². The van der Waals surface area contributed by atoms with Crippen molar-refractivity contribution in [3.63, 3.8) is 0 Å². The Morgan fingerprint density at radius 3 is 2.37 bits per heavy atom. The molecule has 0 aromatic heterocycles. The van der Waals surface area contributed by atoms with Crippen molar-refractivity contribution in [1.29, 1.82) is 0 Å². The molecule has 0 radical (unpaired) electrons. The highest BCUT2D eigenvalue weighted by Crippen LogP contribution is 2.24. The van der Waals surface area contributed by atoms with Crippen molar-refractivity contribution in [3.05, 3.63) is 65.7 Å². The first-order valence-electron chi connectivity index (χ1n) is 11.2. The average molecular weight is 484 g/mol. The van der Waals surface area contributed by atoms with Gasteiger partial charge in [0.1, 0.15) is 5.75 Å².